The van der Waals surface area contributed by atoms with E-state index in [0.717, 1.165) is 0 Å². The number of hydrogen-bond acceptors (Lipinski definition) is 3. The summed E-state index contributed by atoms with van der Waals surface area (Å²) in [5, 5.41) is 0. The molecule has 0 fully saturated rings. The Bertz CT molecular complexity index is 481. The highest BCUT2D eigenvalue weighted by Gasteiger charge is 2.28. The van der Waals surface area contributed by atoms with Crippen LogP contribution in [0, 0.1) is 0 Å². The average molecular weight is 292 g/mol. The van der Waals surface area contributed by atoms with Gasteiger partial charge in [0.25, 0.3) is 0 Å². The number of sulfonamides is 1. The fraction of sp³-hybridized carbons (Fsp3) is 0.500. The first-order valence-corrected chi connectivity index (χ1v) is 7.62. The lowest BCUT2D eigenvalue weighted by Gasteiger charge is -2.26. The minimum atomic E-state index is -3.56. The second kappa shape index (κ2) is 5.91. The zero-order valence-corrected chi connectivity index (χ0v) is 12.3. The van der Waals surface area contributed by atoms with E-state index in [1.54, 1.807) is 19.1 Å². The zero-order valence-electron chi connectivity index (χ0n) is 10.7. The summed E-state index contributed by atoms with van der Waals surface area (Å²) in [6.45, 7) is 3.67. The number of rotatable bonds is 6. The average Bonchev–Trinajstić information content (AvgIpc) is 2.38. The minimum Gasteiger partial charge on any atom is -0.497 e. The van der Waals surface area contributed by atoms with E-state index >= 15 is 0 Å². The molecule has 1 unspecified atom stereocenters. The predicted molar refractivity (Wildman–Crippen MR) is 72.7 cm³/mol. The lowest BCUT2D eigenvalue weighted by atomic mass is 10.0. The van der Waals surface area contributed by atoms with Crippen molar-refractivity contribution >= 4 is 21.6 Å². The molecule has 0 aliphatic carbocycles. The number of hydrogen-bond donors (Lipinski definition) is 1. The maximum Gasteiger partial charge on any atom is 0.241 e. The second-order valence-corrected chi connectivity index (χ2v) is 6.28. The van der Waals surface area contributed by atoms with Crippen LogP contribution in [0.4, 0.5) is 0 Å². The van der Waals surface area contributed by atoms with Gasteiger partial charge in [0.05, 0.1) is 12.0 Å². The van der Waals surface area contributed by atoms with Gasteiger partial charge >= 0.3 is 0 Å². The lowest BCUT2D eigenvalue weighted by molar-refractivity contribution is 0.414. The molecule has 0 aliphatic rings. The topological polar surface area (TPSA) is 55.4 Å². The molecular weight excluding hydrogens is 274 g/mol. The molecule has 0 saturated carbocycles. The fourth-order valence-electron chi connectivity index (χ4n) is 1.33. The van der Waals surface area contributed by atoms with Gasteiger partial charge in [-0.15, -0.1) is 11.6 Å². The number of halogens is 1. The summed E-state index contributed by atoms with van der Waals surface area (Å²) >= 11 is 5.80. The van der Waals surface area contributed by atoms with E-state index in [0.29, 0.717) is 12.2 Å². The lowest BCUT2D eigenvalue weighted by Crippen LogP contribution is -2.46. The van der Waals surface area contributed by atoms with E-state index in [-0.39, 0.29) is 10.8 Å². The zero-order chi connectivity index (χ0) is 13.8. The minimum absolute atomic E-state index is 0.202. The Kier molecular flexibility index (Phi) is 5.01. The van der Waals surface area contributed by atoms with E-state index in [2.05, 4.69) is 4.72 Å². The molecule has 0 heterocycles. The Labute approximate surface area is 113 Å². The van der Waals surface area contributed by atoms with E-state index in [9.17, 15) is 8.42 Å². The van der Waals surface area contributed by atoms with Gasteiger partial charge < -0.3 is 4.74 Å². The maximum atomic E-state index is 12.2. The normalized spacial score (nSPS) is 15.1. The third kappa shape index (κ3) is 3.60. The van der Waals surface area contributed by atoms with Gasteiger partial charge in [0.1, 0.15) is 5.75 Å². The highest BCUT2D eigenvalue weighted by molar-refractivity contribution is 7.89. The van der Waals surface area contributed by atoms with Gasteiger partial charge in [0, 0.05) is 11.4 Å². The van der Waals surface area contributed by atoms with E-state index in [1.165, 1.54) is 19.2 Å². The van der Waals surface area contributed by atoms with Crippen molar-refractivity contribution in [2.45, 2.75) is 30.7 Å². The van der Waals surface area contributed by atoms with E-state index in [4.69, 9.17) is 16.3 Å². The maximum absolute atomic E-state index is 12.2. The van der Waals surface area contributed by atoms with Crippen LogP contribution in [0.3, 0.4) is 0 Å². The summed E-state index contributed by atoms with van der Waals surface area (Å²) in [7, 11) is -2.03. The molecule has 0 saturated heterocycles. The molecule has 0 spiro atoms. The first kappa shape index (κ1) is 15.3. The molecule has 4 nitrogen and oxygen atoms in total. The SMILES string of the molecule is CCC(C)(CCl)NS(=O)(=O)c1ccc(OC)cc1. The van der Waals surface area contributed by atoms with Crippen LogP contribution in [0.15, 0.2) is 29.2 Å². The number of benzene rings is 1. The molecule has 102 valence electrons. The Balaban J connectivity index is 2.99. The van der Waals surface area contributed by atoms with Crippen LogP contribution in [0.2, 0.25) is 0 Å². The third-order valence-corrected chi connectivity index (χ3v) is 5.07. The molecule has 0 radical (unpaired) electrons. The molecule has 0 aliphatic heterocycles. The van der Waals surface area contributed by atoms with Crippen LogP contribution < -0.4 is 9.46 Å². The highest BCUT2D eigenvalue weighted by Crippen LogP contribution is 2.19. The van der Waals surface area contributed by atoms with Crippen molar-refractivity contribution in [2.24, 2.45) is 0 Å². The predicted octanol–water partition coefficient (Wildman–Crippen LogP) is 2.38. The van der Waals surface area contributed by atoms with Crippen LogP contribution in [0.25, 0.3) is 0 Å². The molecule has 1 rings (SSSR count). The summed E-state index contributed by atoms with van der Waals surface area (Å²) in [5.74, 6) is 0.836. The number of ether oxygens (including phenoxy) is 1. The Hall–Kier alpha value is -0.780. The van der Waals surface area contributed by atoms with Crippen molar-refractivity contribution in [1.29, 1.82) is 0 Å². The molecule has 1 aromatic carbocycles. The molecule has 0 amide bonds. The molecule has 6 heteroatoms. The van der Waals surface area contributed by atoms with Crippen LogP contribution >= 0.6 is 11.6 Å². The van der Waals surface area contributed by atoms with Crippen molar-refractivity contribution in [2.75, 3.05) is 13.0 Å². The van der Waals surface area contributed by atoms with Crippen LogP contribution in [-0.2, 0) is 10.0 Å². The summed E-state index contributed by atoms with van der Waals surface area (Å²) in [4.78, 5) is 0.202. The third-order valence-electron chi connectivity index (χ3n) is 2.83. The molecule has 1 aromatic rings. The standard InChI is InChI=1S/C12H18ClNO3S/c1-4-12(2,9-13)14-18(15,16)11-7-5-10(17-3)6-8-11/h5-8,14H,4,9H2,1-3H3. The monoisotopic (exact) mass is 291 g/mol. The van der Waals surface area contributed by atoms with Crippen LogP contribution in [0.5, 0.6) is 5.75 Å². The summed E-state index contributed by atoms with van der Waals surface area (Å²) in [5.41, 5.74) is -0.639. The van der Waals surface area contributed by atoms with E-state index in [1.807, 2.05) is 6.92 Å². The van der Waals surface area contributed by atoms with Crippen molar-refractivity contribution in [1.82, 2.24) is 4.72 Å². The largest absolute Gasteiger partial charge is 0.497 e. The van der Waals surface area contributed by atoms with Crippen molar-refractivity contribution in [3.05, 3.63) is 24.3 Å². The number of nitrogens with one attached hydrogen (secondary N) is 1. The number of alkyl halides is 1. The van der Waals surface area contributed by atoms with Crippen molar-refractivity contribution in [3.8, 4) is 5.75 Å². The highest BCUT2D eigenvalue weighted by atomic mass is 35.5. The Morgan fingerprint density at radius 3 is 2.28 bits per heavy atom. The fourth-order valence-corrected chi connectivity index (χ4v) is 3.14. The van der Waals surface area contributed by atoms with Gasteiger partial charge in [-0.05, 0) is 37.6 Å². The van der Waals surface area contributed by atoms with Crippen molar-refractivity contribution in [3.63, 3.8) is 0 Å². The first-order valence-electron chi connectivity index (χ1n) is 5.61. The van der Waals surface area contributed by atoms with Gasteiger partial charge in [-0.25, -0.2) is 13.1 Å². The van der Waals surface area contributed by atoms with Gasteiger partial charge in [-0.3, -0.25) is 0 Å². The van der Waals surface area contributed by atoms with Gasteiger partial charge in [-0.2, -0.15) is 0 Å². The molecule has 0 bridgehead atoms. The molecule has 1 atom stereocenters. The van der Waals surface area contributed by atoms with Crippen LogP contribution in [-0.4, -0.2) is 26.9 Å². The van der Waals surface area contributed by atoms with Gasteiger partial charge in [0.15, 0.2) is 0 Å². The van der Waals surface area contributed by atoms with Crippen molar-refractivity contribution < 1.29 is 13.2 Å². The Morgan fingerprint density at radius 2 is 1.89 bits per heavy atom. The molecular formula is C12H18ClNO3S. The second-order valence-electron chi connectivity index (χ2n) is 4.33. The number of methoxy groups -OCH3 is 1. The smallest absolute Gasteiger partial charge is 0.241 e. The summed E-state index contributed by atoms with van der Waals surface area (Å²) in [6.07, 6.45) is 0.617. The quantitative estimate of drug-likeness (QED) is 0.819. The molecule has 18 heavy (non-hydrogen) atoms. The first-order chi connectivity index (χ1) is 8.37. The molecule has 0 aromatic heterocycles. The Morgan fingerprint density at radius 1 is 1.33 bits per heavy atom. The van der Waals surface area contributed by atoms with Gasteiger partial charge in [0.2, 0.25) is 10.0 Å². The van der Waals surface area contributed by atoms with Crippen LogP contribution in [0.1, 0.15) is 20.3 Å². The summed E-state index contributed by atoms with van der Waals surface area (Å²) in [6, 6.07) is 6.23. The molecule has 1 N–H and O–H groups in total. The van der Waals surface area contributed by atoms with Gasteiger partial charge in [-0.1, -0.05) is 6.92 Å². The van der Waals surface area contributed by atoms with E-state index < -0.39 is 15.6 Å². The summed E-state index contributed by atoms with van der Waals surface area (Å²) < 4.78 is 31.9.